The highest BCUT2D eigenvalue weighted by Crippen LogP contribution is 2.31. The van der Waals surface area contributed by atoms with E-state index < -0.39 is 0 Å². The lowest BCUT2D eigenvalue weighted by Crippen LogP contribution is -2.38. The quantitative estimate of drug-likeness (QED) is 0.753. The van der Waals surface area contributed by atoms with E-state index in [4.69, 9.17) is 0 Å². The Hall–Kier alpha value is -2.25. The number of nitrogens with one attached hydrogen (secondary N) is 1. The molecule has 2 rings (SSSR count). The highest BCUT2D eigenvalue weighted by Gasteiger charge is 2.20. The van der Waals surface area contributed by atoms with Crippen LogP contribution in [0.1, 0.15) is 39.0 Å². The van der Waals surface area contributed by atoms with E-state index in [-0.39, 0.29) is 17.9 Å². The van der Waals surface area contributed by atoms with E-state index in [1.165, 1.54) is 11.3 Å². The predicted molar refractivity (Wildman–Crippen MR) is 110 cm³/mol. The lowest BCUT2D eigenvalue weighted by molar-refractivity contribution is -0.122. The topological polar surface area (TPSA) is 65.5 Å². The molecule has 7 heteroatoms. The van der Waals surface area contributed by atoms with Crippen molar-refractivity contribution in [3.05, 3.63) is 40.9 Å². The molecule has 0 unspecified atom stereocenters. The van der Waals surface area contributed by atoms with Gasteiger partial charge in [-0.1, -0.05) is 25.1 Å². The number of benzene rings is 1. The number of carbonyl (C=O) groups is 2. The number of hydrogen-bond acceptors (Lipinski definition) is 5. The van der Waals surface area contributed by atoms with Crippen LogP contribution < -0.4 is 10.2 Å². The van der Waals surface area contributed by atoms with Crippen LogP contribution in [0, 0.1) is 0 Å². The van der Waals surface area contributed by atoms with Gasteiger partial charge in [-0.15, -0.1) is 11.3 Å². The number of nitrogens with zero attached hydrogens (tertiary/aromatic N) is 3. The van der Waals surface area contributed by atoms with Crippen molar-refractivity contribution < 1.29 is 9.59 Å². The number of aryl methyl sites for hydroxylation is 1. The van der Waals surface area contributed by atoms with E-state index in [0.717, 1.165) is 23.4 Å². The molecule has 2 amide bonds. The normalized spacial score (nSPS) is 11.1. The maximum Gasteiger partial charge on any atom is 0.234 e. The Morgan fingerprint density at radius 3 is 2.59 bits per heavy atom. The van der Waals surface area contributed by atoms with Crippen LogP contribution in [0.25, 0.3) is 0 Å². The zero-order chi connectivity index (χ0) is 20.0. The Morgan fingerprint density at radius 1 is 1.26 bits per heavy atom. The summed E-state index contributed by atoms with van der Waals surface area (Å²) in [6.07, 6.45) is 0.839. The minimum Gasteiger partial charge on any atom is -0.353 e. The zero-order valence-corrected chi connectivity index (χ0v) is 17.5. The summed E-state index contributed by atoms with van der Waals surface area (Å²) in [5.74, 6) is -0.0772. The lowest BCUT2D eigenvalue weighted by Gasteiger charge is -2.21. The van der Waals surface area contributed by atoms with E-state index in [1.807, 2.05) is 55.4 Å². The van der Waals surface area contributed by atoms with Gasteiger partial charge in [-0.2, -0.15) is 0 Å². The van der Waals surface area contributed by atoms with Gasteiger partial charge in [-0.25, -0.2) is 4.98 Å². The number of anilines is 2. The van der Waals surface area contributed by atoms with Crippen LogP contribution in [0.3, 0.4) is 0 Å². The Balaban J connectivity index is 2.14. The highest BCUT2D eigenvalue weighted by atomic mass is 32.1. The number of amides is 2. The monoisotopic (exact) mass is 388 g/mol. The summed E-state index contributed by atoms with van der Waals surface area (Å²) in [5.41, 5.74) is 2.82. The van der Waals surface area contributed by atoms with Crippen molar-refractivity contribution in [1.82, 2.24) is 15.2 Å². The molecule has 1 N–H and O–H groups in total. The van der Waals surface area contributed by atoms with Crippen molar-refractivity contribution in [3.63, 3.8) is 0 Å². The number of carbonyl (C=O) groups excluding carboxylic acids is 2. The molecule has 1 aromatic carbocycles. The van der Waals surface area contributed by atoms with Gasteiger partial charge in [0.05, 0.1) is 17.9 Å². The van der Waals surface area contributed by atoms with Crippen LogP contribution in [0.15, 0.2) is 29.6 Å². The van der Waals surface area contributed by atoms with Crippen molar-refractivity contribution in [2.24, 2.45) is 0 Å². The first-order valence-corrected chi connectivity index (χ1v) is 10.0. The second-order valence-corrected chi connectivity index (χ2v) is 7.69. The minimum atomic E-state index is -0.0681. The molecule has 0 aliphatic rings. The van der Waals surface area contributed by atoms with Crippen LogP contribution in [0.5, 0.6) is 0 Å². The molecule has 1 aromatic heterocycles. The van der Waals surface area contributed by atoms with Gasteiger partial charge >= 0.3 is 0 Å². The Morgan fingerprint density at radius 2 is 1.96 bits per heavy atom. The maximum absolute atomic E-state index is 12.3. The van der Waals surface area contributed by atoms with Crippen molar-refractivity contribution in [2.45, 2.75) is 46.7 Å². The smallest absolute Gasteiger partial charge is 0.234 e. The fourth-order valence-corrected chi connectivity index (χ4v) is 3.72. The molecular weight excluding hydrogens is 360 g/mol. The number of likely N-dealkylation sites (N-methyl/N-ethyl adjacent to an activating group) is 1. The molecule has 2 aromatic rings. The van der Waals surface area contributed by atoms with Gasteiger partial charge in [0.1, 0.15) is 0 Å². The van der Waals surface area contributed by atoms with E-state index >= 15 is 0 Å². The van der Waals surface area contributed by atoms with Crippen LogP contribution >= 0.6 is 11.3 Å². The van der Waals surface area contributed by atoms with Crippen molar-refractivity contribution in [1.29, 1.82) is 0 Å². The predicted octanol–water partition coefficient (Wildman–Crippen LogP) is 3.35. The summed E-state index contributed by atoms with van der Waals surface area (Å²) in [6.45, 7) is 8.35. The molecule has 0 saturated carbocycles. The zero-order valence-electron chi connectivity index (χ0n) is 16.7. The average Bonchev–Trinajstić information content (AvgIpc) is 3.01. The Bertz CT molecular complexity index is 788. The van der Waals surface area contributed by atoms with E-state index in [9.17, 15) is 9.59 Å². The Kier molecular flexibility index (Phi) is 7.50. The summed E-state index contributed by atoms with van der Waals surface area (Å²) in [6, 6.07) is 8.01. The molecule has 0 radical (unpaired) electrons. The highest BCUT2D eigenvalue weighted by molar-refractivity contribution is 7.14. The summed E-state index contributed by atoms with van der Waals surface area (Å²) in [5, 5.41) is 5.47. The molecule has 0 saturated heterocycles. The third-order valence-electron chi connectivity index (χ3n) is 3.95. The van der Waals surface area contributed by atoms with E-state index in [1.54, 1.807) is 11.8 Å². The molecular formula is C20H28N4O2S. The summed E-state index contributed by atoms with van der Waals surface area (Å²) in [7, 11) is 1.88. The van der Waals surface area contributed by atoms with Crippen molar-refractivity contribution >= 4 is 34.0 Å². The van der Waals surface area contributed by atoms with Gasteiger partial charge in [0.15, 0.2) is 5.13 Å². The second kappa shape index (κ2) is 9.62. The van der Waals surface area contributed by atoms with Gasteiger partial charge in [0, 0.05) is 24.9 Å². The Labute approximate surface area is 165 Å². The second-order valence-electron chi connectivity index (χ2n) is 6.85. The van der Waals surface area contributed by atoms with Gasteiger partial charge < -0.3 is 5.32 Å². The van der Waals surface area contributed by atoms with Crippen LogP contribution in [-0.4, -0.2) is 41.3 Å². The van der Waals surface area contributed by atoms with Gasteiger partial charge in [0.25, 0.3) is 0 Å². The third kappa shape index (κ3) is 5.87. The van der Waals surface area contributed by atoms with Crippen LogP contribution in [0.4, 0.5) is 10.8 Å². The molecule has 146 valence electrons. The first-order valence-electron chi connectivity index (χ1n) is 9.12. The first kappa shape index (κ1) is 21.1. The third-order valence-corrected chi connectivity index (χ3v) is 4.83. The molecule has 0 atom stereocenters. The standard InChI is InChI=1S/C20H28N4O2S/c1-6-16-9-7-8-10-18(16)24(15(4)25)20-22-17(13-27-20)11-23(5)12-19(26)21-14(2)3/h7-10,13-14H,6,11-12H2,1-5H3,(H,21,26). The van der Waals surface area contributed by atoms with Crippen molar-refractivity contribution in [2.75, 3.05) is 18.5 Å². The van der Waals surface area contributed by atoms with E-state index in [0.29, 0.717) is 18.2 Å². The number of hydrogen-bond donors (Lipinski definition) is 1. The minimum absolute atomic E-state index is 0.00908. The summed E-state index contributed by atoms with van der Waals surface area (Å²) in [4.78, 5) is 32.4. The number of rotatable bonds is 8. The first-order chi connectivity index (χ1) is 12.8. The molecule has 0 aliphatic heterocycles. The van der Waals surface area contributed by atoms with Crippen molar-refractivity contribution in [3.8, 4) is 0 Å². The average molecular weight is 389 g/mol. The fourth-order valence-electron chi connectivity index (χ4n) is 2.85. The van der Waals surface area contributed by atoms with Gasteiger partial charge in [-0.05, 0) is 38.9 Å². The van der Waals surface area contributed by atoms with Gasteiger partial charge in [0.2, 0.25) is 11.8 Å². The maximum atomic E-state index is 12.3. The molecule has 6 nitrogen and oxygen atoms in total. The molecule has 27 heavy (non-hydrogen) atoms. The molecule has 1 heterocycles. The van der Waals surface area contributed by atoms with Gasteiger partial charge in [-0.3, -0.25) is 19.4 Å². The summed E-state index contributed by atoms with van der Waals surface area (Å²) < 4.78 is 0. The van der Waals surface area contributed by atoms with E-state index in [2.05, 4.69) is 17.2 Å². The lowest BCUT2D eigenvalue weighted by atomic mass is 10.1. The van der Waals surface area contributed by atoms with Crippen LogP contribution in [0.2, 0.25) is 0 Å². The molecule has 0 fully saturated rings. The fraction of sp³-hybridized carbons (Fsp3) is 0.450. The number of aromatic nitrogens is 1. The molecule has 0 bridgehead atoms. The molecule has 0 aliphatic carbocycles. The molecule has 0 spiro atoms. The number of thiazole rings is 1. The largest absolute Gasteiger partial charge is 0.353 e. The summed E-state index contributed by atoms with van der Waals surface area (Å²) >= 11 is 1.44. The number of para-hydroxylation sites is 1. The van der Waals surface area contributed by atoms with Crippen LogP contribution in [-0.2, 0) is 22.6 Å². The SMILES string of the molecule is CCc1ccccc1N(C(C)=O)c1nc(CN(C)CC(=O)NC(C)C)cs1.